The highest BCUT2D eigenvalue weighted by molar-refractivity contribution is 5.85. The van der Waals surface area contributed by atoms with Crippen LogP contribution in [0.1, 0.15) is 37.4 Å². The predicted molar refractivity (Wildman–Crippen MR) is 85.3 cm³/mol. The fraction of sp³-hybridized carbons (Fsp3) is 0.625. The molecule has 0 aromatic heterocycles. The molecule has 0 radical (unpaired) electrons. The van der Waals surface area contributed by atoms with Crippen molar-refractivity contribution in [1.29, 1.82) is 0 Å². The molecule has 0 spiro atoms. The first-order valence-corrected chi connectivity index (χ1v) is 7.60. The van der Waals surface area contributed by atoms with Gasteiger partial charge in [-0.05, 0) is 30.0 Å². The fourth-order valence-corrected chi connectivity index (χ4v) is 2.98. The van der Waals surface area contributed by atoms with Gasteiger partial charge in [0, 0.05) is 32.2 Å². The van der Waals surface area contributed by atoms with E-state index in [0.29, 0.717) is 25.6 Å². The molecule has 1 atom stereocenters. The third kappa shape index (κ3) is 5.33. The Bertz CT molecular complexity index is 499. The van der Waals surface area contributed by atoms with Crippen molar-refractivity contribution in [2.75, 3.05) is 26.2 Å². The van der Waals surface area contributed by atoms with E-state index < -0.39 is 17.6 Å². The molecule has 1 aliphatic heterocycles. The molecule has 0 unspecified atom stereocenters. The molecular formula is C16H23ClF4N2. The lowest BCUT2D eigenvalue weighted by Gasteiger charge is -2.37. The van der Waals surface area contributed by atoms with Crippen LogP contribution in [0.5, 0.6) is 0 Å². The van der Waals surface area contributed by atoms with Crippen molar-refractivity contribution in [2.45, 2.75) is 32.5 Å². The van der Waals surface area contributed by atoms with E-state index in [1.165, 1.54) is 6.07 Å². The minimum absolute atomic E-state index is 0. The number of hydrogen-bond donors (Lipinski definition) is 1. The second-order valence-corrected chi connectivity index (χ2v) is 6.16. The molecule has 2 nitrogen and oxygen atoms in total. The molecular weight excluding hydrogens is 332 g/mol. The summed E-state index contributed by atoms with van der Waals surface area (Å²) in [5, 5.41) is 3.20. The van der Waals surface area contributed by atoms with Crippen molar-refractivity contribution >= 4 is 12.4 Å². The van der Waals surface area contributed by atoms with E-state index in [1.807, 2.05) is 13.8 Å². The summed E-state index contributed by atoms with van der Waals surface area (Å²) in [7, 11) is 0. The standard InChI is InChI=1S/C16H22F4N2.ClH/c1-11(2)9-15(22-7-5-21-6-8-22)13-4-3-12(17)10-14(13)16(18,19)20;/h3-4,10-11,15,21H,5-9H2,1-2H3;1H/t15-;/m0./s1. The van der Waals surface area contributed by atoms with Gasteiger partial charge in [0.2, 0.25) is 0 Å². The van der Waals surface area contributed by atoms with Crippen LogP contribution in [0, 0.1) is 11.7 Å². The quantitative estimate of drug-likeness (QED) is 0.813. The van der Waals surface area contributed by atoms with Gasteiger partial charge in [-0.2, -0.15) is 13.2 Å². The smallest absolute Gasteiger partial charge is 0.314 e. The summed E-state index contributed by atoms with van der Waals surface area (Å²) >= 11 is 0. The molecule has 1 aliphatic rings. The van der Waals surface area contributed by atoms with Crippen LogP contribution in [-0.2, 0) is 6.18 Å². The van der Waals surface area contributed by atoms with Crippen molar-refractivity contribution in [2.24, 2.45) is 5.92 Å². The third-order valence-electron chi connectivity index (χ3n) is 3.97. The molecule has 0 bridgehead atoms. The normalized spacial score (nSPS) is 17.9. The Balaban J connectivity index is 0.00000264. The van der Waals surface area contributed by atoms with Gasteiger partial charge in [0.05, 0.1) is 5.56 Å². The molecule has 7 heteroatoms. The van der Waals surface area contributed by atoms with E-state index >= 15 is 0 Å². The largest absolute Gasteiger partial charge is 0.416 e. The minimum atomic E-state index is -4.54. The molecule has 132 valence electrons. The molecule has 1 aromatic rings. The molecule has 0 aliphatic carbocycles. The van der Waals surface area contributed by atoms with E-state index in [0.717, 1.165) is 19.2 Å². The monoisotopic (exact) mass is 354 g/mol. The lowest BCUT2D eigenvalue weighted by Crippen LogP contribution is -2.45. The summed E-state index contributed by atoms with van der Waals surface area (Å²) in [6, 6.07) is 2.71. The number of alkyl halides is 3. The van der Waals surface area contributed by atoms with E-state index in [-0.39, 0.29) is 29.9 Å². The molecule has 1 aromatic carbocycles. The van der Waals surface area contributed by atoms with E-state index in [2.05, 4.69) is 10.2 Å². The topological polar surface area (TPSA) is 15.3 Å². The van der Waals surface area contributed by atoms with Gasteiger partial charge in [0.15, 0.2) is 0 Å². The van der Waals surface area contributed by atoms with Crippen LogP contribution in [0.3, 0.4) is 0 Å². The predicted octanol–water partition coefficient (Wildman–Crippen LogP) is 4.26. The van der Waals surface area contributed by atoms with Gasteiger partial charge < -0.3 is 5.32 Å². The van der Waals surface area contributed by atoms with Crippen LogP contribution in [-0.4, -0.2) is 31.1 Å². The van der Waals surface area contributed by atoms with Gasteiger partial charge in [-0.25, -0.2) is 4.39 Å². The van der Waals surface area contributed by atoms with Crippen LogP contribution < -0.4 is 5.32 Å². The van der Waals surface area contributed by atoms with E-state index in [1.54, 1.807) is 0 Å². The lowest BCUT2D eigenvalue weighted by atomic mass is 9.91. The molecule has 2 rings (SSSR count). The molecule has 23 heavy (non-hydrogen) atoms. The molecule has 0 saturated carbocycles. The Morgan fingerprint density at radius 2 is 1.78 bits per heavy atom. The lowest BCUT2D eigenvalue weighted by molar-refractivity contribution is -0.139. The van der Waals surface area contributed by atoms with Crippen molar-refractivity contribution < 1.29 is 17.6 Å². The zero-order chi connectivity index (χ0) is 16.3. The van der Waals surface area contributed by atoms with Crippen molar-refractivity contribution in [3.8, 4) is 0 Å². The summed E-state index contributed by atoms with van der Waals surface area (Å²) in [5.74, 6) is -0.592. The van der Waals surface area contributed by atoms with Crippen LogP contribution in [0.15, 0.2) is 18.2 Å². The number of halogens is 5. The van der Waals surface area contributed by atoms with E-state index in [4.69, 9.17) is 0 Å². The van der Waals surface area contributed by atoms with Crippen LogP contribution >= 0.6 is 12.4 Å². The van der Waals surface area contributed by atoms with Gasteiger partial charge in [-0.15, -0.1) is 12.4 Å². The number of benzene rings is 1. The summed E-state index contributed by atoms with van der Waals surface area (Å²) in [6.45, 7) is 6.91. The highest BCUT2D eigenvalue weighted by Crippen LogP contribution is 2.39. The highest BCUT2D eigenvalue weighted by Gasteiger charge is 2.37. The number of rotatable bonds is 4. The van der Waals surface area contributed by atoms with E-state index in [9.17, 15) is 17.6 Å². The second-order valence-electron chi connectivity index (χ2n) is 6.16. The maximum absolute atomic E-state index is 13.3. The third-order valence-corrected chi connectivity index (χ3v) is 3.97. The summed E-state index contributed by atoms with van der Waals surface area (Å²) < 4.78 is 53.2. The highest BCUT2D eigenvalue weighted by atomic mass is 35.5. The van der Waals surface area contributed by atoms with Crippen molar-refractivity contribution in [3.05, 3.63) is 35.1 Å². The Labute approximate surface area is 140 Å². The van der Waals surface area contributed by atoms with Crippen LogP contribution in [0.2, 0.25) is 0 Å². The van der Waals surface area contributed by atoms with Gasteiger partial charge >= 0.3 is 6.18 Å². The second kappa shape index (κ2) is 8.31. The Morgan fingerprint density at radius 3 is 2.30 bits per heavy atom. The maximum Gasteiger partial charge on any atom is 0.416 e. The number of hydrogen-bond acceptors (Lipinski definition) is 2. The summed E-state index contributed by atoms with van der Waals surface area (Å²) in [6.07, 6.45) is -3.92. The first-order chi connectivity index (χ1) is 10.3. The Kier molecular flexibility index (Phi) is 7.29. The summed E-state index contributed by atoms with van der Waals surface area (Å²) in [5.41, 5.74) is -0.666. The van der Waals surface area contributed by atoms with Gasteiger partial charge in [0.1, 0.15) is 5.82 Å². The number of piperazine rings is 1. The van der Waals surface area contributed by atoms with Crippen molar-refractivity contribution in [1.82, 2.24) is 10.2 Å². The SMILES string of the molecule is CC(C)C[C@@H](c1ccc(F)cc1C(F)(F)F)N1CCNCC1.Cl. The first kappa shape index (κ1) is 20.2. The average molecular weight is 355 g/mol. The molecule has 1 fully saturated rings. The van der Waals surface area contributed by atoms with Gasteiger partial charge in [0.25, 0.3) is 0 Å². The molecule has 0 amide bonds. The fourth-order valence-electron chi connectivity index (χ4n) is 2.98. The van der Waals surface area contributed by atoms with Gasteiger partial charge in [-0.1, -0.05) is 19.9 Å². The Morgan fingerprint density at radius 1 is 1.17 bits per heavy atom. The zero-order valence-electron chi connectivity index (χ0n) is 13.3. The minimum Gasteiger partial charge on any atom is -0.314 e. The average Bonchev–Trinajstić information content (AvgIpc) is 2.45. The van der Waals surface area contributed by atoms with Crippen molar-refractivity contribution in [3.63, 3.8) is 0 Å². The van der Waals surface area contributed by atoms with Crippen LogP contribution in [0.25, 0.3) is 0 Å². The Hall–Kier alpha value is -0.850. The molecule has 1 N–H and O–H groups in total. The van der Waals surface area contributed by atoms with Gasteiger partial charge in [-0.3, -0.25) is 4.90 Å². The molecule has 1 heterocycles. The maximum atomic E-state index is 13.3. The summed E-state index contributed by atoms with van der Waals surface area (Å²) in [4.78, 5) is 2.07. The molecule has 1 saturated heterocycles. The number of nitrogens with zero attached hydrogens (tertiary/aromatic N) is 1. The first-order valence-electron chi connectivity index (χ1n) is 7.60. The van der Waals surface area contributed by atoms with Crippen LogP contribution in [0.4, 0.5) is 17.6 Å². The number of nitrogens with one attached hydrogen (secondary N) is 1. The zero-order valence-corrected chi connectivity index (χ0v) is 14.1.